The third-order valence-corrected chi connectivity index (χ3v) is 7.73. The van der Waals surface area contributed by atoms with Gasteiger partial charge in [0.05, 0.1) is 49.3 Å². The summed E-state index contributed by atoms with van der Waals surface area (Å²) in [4.78, 5) is 44.5. The number of carbonyl (C=O) groups is 2. The average molecular weight is 589 g/mol. The molecule has 0 unspecified atom stereocenters. The van der Waals surface area contributed by atoms with Gasteiger partial charge in [-0.15, -0.1) is 0 Å². The summed E-state index contributed by atoms with van der Waals surface area (Å²) in [7, 11) is 4.36. The fraction of sp³-hybridized carbons (Fsp3) is 0.226. The predicted molar refractivity (Wildman–Crippen MR) is 155 cm³/mol. The molecule has 0 saturated heterocycles. The van der Waals surface area contributed by atoms with Crippen LogP contribution >= 0.6 is 11.3 Å². The molecular formula is C31H28N2O8S. The number of hydrogen-bond acceptors (Lipinski definition) is 10. The van der Waals surface area contributed by atoms with E-state index >= 15 is 0 Å². The third-order valence-electron chi connectivity index (χ3n) is 6.75. The van der Waals surface area contributed by atoms with Crippen LogP contribution in [-0.4, -0.2) is 44.4 Å². The Labute approximate surface area is 244 Å². The van der Waals surface area contributed by atoms with Gasteiger partial charge in [0.2, 0.25) is 0 Å². The van der Waals surface area contributed by atoms with E-state index in [-0.39, 0.29) is 17.7 Å². The first-order valence-corrected chi connectivity index (χ1v) is 13.8. The highest BCUT2D eigenvalue weighted by molar-refractivity contribution is 7.07. The molecular weight excluding hydrogens is 560 g/mol. The van der Waals surface area contributed by atoms with E-state index in [4.69, 9.17) is 23.4 Å². The molecule has 0 N–H and O–H groups in total. The zero-order valence-electron chi connectivity index (χ0n) is 23.6. The summed E-state index contributed by atoms with van der Waals surface area (Å²) >= 11 is 1.16. The third kappa shape index (κ3) is 5.14. The number of methoxy groups -OCH3 is 3. The van der Waals surface area contributed by atoms with Crippen LogP contribution in [0.25, 0.3) is 17.4 Å². The Balaban J connectivity index is 1.67. The van der Waals surface area contributed by atoms with E-state index in [1.165, 1.54) is 25.9 Å². The second-order valence-corrected chi connectivity index (χ2v) is 10.2. The summed E-state index contributed by atoms with van der Waals surface area (Å²) in [6, 6.07) is 14.7. The van der Waals surface area contributed by atoms with Crippen molar-refractivity contribution in [2.75, 3.05) is 27.9 Å². The SMILES string of the molecule is CCOC(=O)C1=C(C)N=c2sc(=Cc3ccc(-c4ccccc4C(=O)OC)o3)c(=O)n2[C@@H]1c1cc(OC)ccc1OC. The first-order chi connectivity index (χ1) is 20.3. The summed E-state index contributed by atoms with van der Waals surface area (Å²) in [6.45, 7) is 3.58. The molecule has 2 aromatic heterocycles. The van der Waals surface area contributed by atoms with Crippen LogP contribution in [0.4, 0.5) is 0 Å². The molecule has 216 valence electrons. The molecule has 4 aromatic rings. The van der Waals surface area contributed by atoms with Crippen LogP contribution in [0.15, 0.2) is 80.1 Å². The Morgan fingerprint density at radius 3 is 2.55 bits per heavy atom. The smallest absolute Gasteiger partial charge is 0.338 e. The quantitative estimate of drug-likeness (QED) is 0.285. The van der Waals surface area contributed by atoms with E-state index in [1.54, 1.807) is 74.5 Å². The molecule has 3 heterocycles. The normalized spacial score (nSPS) is 14.7. The van der Waals surface area contributed by atoms with Gasteiger partial charge in [0.15, 0.2) is 4.80 Å². The van der Waals surface area contributed by atoms with Crippen molar-refractivity contribution in [2.45, 2.75) is 19.9 Å². The second kappa shape index (κ2) is 11.9. The minimum Gasteiger partial charge on any atom is -0.497 e. The van der Waals surface area contributed by atoms with Crippen LogP contribution < -0.4 is 24.4 Å². The van der Waals surface area contributed by atoms with Crippen LogP contribution in [0.3, 0.4) is 0 Å². The molecule has 42 heavy (non-hydrogen) atoms. The first kappa shape index (κ1) is 28.6. The number of benzene rings is 2. The van der Waals surface area contributed by atoms with Gasteiger partial charge in [0.25, 0.3) is 5.56 Å². The van der Waals surface area contributed by atoms with Crippen molar-refractivity contribution in [1.82, 2.24) is 4.57 Å². The number of aromatic nitrogens is 1. The molecule has 1 aliphatic heterocycles. The molecule has 0 fully saturated rings. The van der Waals surface area contributed by atoms with Gasteiger partial charge in [-0.1, -0.05) is 29.5 Å². The number of furan rings is 1. The number of thiazole rings is 1. The lowest BCUT2D eigenvalue weighted by molar-refractivity contribution is -0.139. The molecule has 11 heteroatoms. The number of ether oxygens (including phenoxy) is 4. The van der Waals surface area contributed by atoms with Gasteiger partial charge in [-0.3, -0.25) is 9.36 Å². The van der Waals surface area contributed by atoms with Crippen molar-refractivity contribution in [3.05, 3.63) is 102 Å². The van der Waals surface area contributed by atoms with Gasteiger partial charge in [0.1, 0.15) is 29.1 Å². The van der Waals surface area contributed by atoms with Crippen LogP contribution in [0.5, 0.6) is 11.5 Å². The number of hydrogen-bond donors (Lipinski definition) is 0. The minimum absolute atomic E-state index is 0.155. The van der Waals surface area contributed by atoms with Crippen molar-refractivity contribution < 1.29 is 33.0 Å². The second-order valence-electron chi connectivity index (χ2n) is 9.15. The maximum atomic E-state index is 14.0. The van der Waals surface area contributed by atoms with Crippen molar-refractivity contribution in [2.24, 2.45) is 4.99 Å². The van der Waals surface area contributed by atoms with Gasteiger partial charge >= 0.3 is 11.9 Å². The average Bonchev–Trinajstić information content (AvgIpc) is 3.59. The zero-order chi connectivity index (χ0) is 30.0. The first-order valence-electron chi connectivity index (χ1n) is 13.0. The monoisotopic (exact) mass is 588 g/mol. The van der Waals surface area contributed by atoms with Gasteiger partial charge in [0, 0.05) is 17.2 Å². The van der Waals surface area contributed by atoms with Crippen LogP contribution in [-0.2, 0) is 14.3 Å². The number of allylic oxidation sites excluding steroid dienone is 1. The standard InChI is InChI=1S/C31H28N2O8S/c1-6-40-30(36)26-17(2)32-31-33(27(26)22-15-18(37-3)11-13-23(22)38-4)28(34)25(42-31)16-19-12-14-24(41-19)20-9-7-8-10-21(20)29(35)39-5/h7-16,27H,6H2,1-5H3/t27-/m1/s1. The molecule has 0 bridgehead atoms. The fourth-order valence-corrected chi connectivity index (χ4v) is 5.86. The van der Waals surface area contributed by atoms with Crippen molar-refractivity contribution in [3.8, 4) is 22.8 Å². The molecule has 5 rings (SSSR count). The van der Waals surface area contributed by atoms with Gasteiger partial charge in [-0.05, 0) is 50.2 Å². The molecule has 1 aliphatic rings. The predicted octanol–water partition coefficient (Wildman–Crippen LogP) is 3.86. The number of carbonyl (C=O) groups excluding carboxylic acids is 2. The van der Waals surface area contributed by atoms with E-state index in [0.29, 0.717) is 54.7 Å². The van der Waals surface area contributed by atoms with Crippen LogP contribution in [0.1, 0.15) is 41.6 Å². The Bertz CT molecular complexity index is 1900. The van der Waals surface area contributed by atoms with E-state index in [9.17, 15) is 14.4 Å². The molecule has 0 amide bonds. The lowest BCUT2D eigenvalue weighted by Crippen LogP contribution is -2.40. The van der Waals surface area contributed by atoms with E-state index in [0.717, 1.165) is 11.3 Å². The fourth-order valence-electron chi connectivity index (χ4n) is 4.83. The van der Waals surface area contributed by atoms with Gasteiger partial charge in [-0.25, -0.2) is 14.6 Å². The van der Waals surface area contributed by atoms with Crippen LogP contribution in [0, 0.1) is 0 Å². The maximum absolute atomic E-state index is 14.0. The molecule has 10 nitrogen and oxygen atoms in total. The van der Waals surface area contributed by atoms with E-state index < -0.39 is 18.0 Å². The summed E-state index contributed by atoms with van der Waals surface area (Å²) in [6.07, 6.45) is 1.61. The largest absolute Gasteiger partial charge is 0.497 e. The lowest BCUT2D eigenvalue weighted by Gasteiger charge is -2.26. The van der Waals surface area contributed by atoms with Crippen LogP contribution in [0.2, 0.25) is 0 Å². The maximum Gasteiger partial charge on any atom is 0.338 e. The Morgan fingerprint density at radius 1 is 1.05 bits per heavy atom. The molecule has 0 aliphatic carbocycles. The Morgan fingerprint density at radius 2 is 1.83 bits per heavy atom. The summed E-state index contributed by atoms with van der Waals surface area (Å²) in [5.74, 6) is 0.759. The number of esters is 2. The van der Waals surface area contributed by atoms with E-state index in [1.807, 2.05) is 0 Å². The highest BCUT2D eigenvalue weighted by Gasteiger charge is 2.35. The van der Waals surface area contributed by atoms with Crippen molar-refractivity contribution in [3.63, 3.8) is 0 Å². The molecule has 2 aromatic carbocycles. The Kier molecular flexibility index (Phi) is 8.12. The number of fused-ring (bicyclic) bond motifs is 1. The minimum atomic E-state index is -0.883. The molecule has 0 spiro atoms. The highest BCUT2D eigenvalue weighted by atomic mass is 32.1. The zero-order valence-corrected chi connectivity index (χ0v) is 24.4. The summed E-state index contributed by atoms with van der Waals surface area (Å²) in [5, 5.41) is 0. The summed E-state index contributed by atoms with van der Waals surface area (Å²) < 4.78 is 29.2. The Hall–Kier alpha value is -4.90. The summed E-state index contributed by atoms with van der Waals surface area (Å²) in [5.41, 5.74) is 1.73. The molecule has 0 saturated carbocycles. The number of rotatable bonds is 8. The van der Waals surface area contributed by atoms with Crippen molar-refractivity contribution >= 4 is 29.4 Å². The molecule has 0 radical (unpaired) electrons. The number of nitrogens with zero attached hydrogens (tertiary/aromatic N) is 2. The topological polar surface area (TPSA) is 119 Å². The molecule has 1 atom stereocenters. The van der Waals surface area contributed by atoms with E-state index in [2.05, 4.69) is 4.99 Å². The van der Waals surface area contributed by atoms with Gasteiger partial charge < -0.3 is 23.4 Å². The lowest BCUT2D eigenvalue weighted by atomic mass is 9.95. The van der Waals surface area contributed by atoms with Crippen molar-refractivity contribution in [1.29, 1.82) is 0 Å². The highest BCUT2D eigenvalue weighted by Crippen LogP contribution is 2.38. The van der Waals surface area contributed by atoms with Gasteiger partial charge in [-0.2, -0.15) is 0 Å².